The first kappa shape index (κ1) is 12.6. The third kappa shape index (κ3) is 3.95. The molecule has 1 heterocycles. The van der Waals surface area contributed by atoms with Crippen molar-refractivity contribution in [3.63, 3.8) is 0 Å². The molecule has 1 aromatic rings. The number of hydrogen-bond donors (Lipinski definition) is 3. The highest BCUT2D eigenvalue weighted by molar-refractivity contribution is 5.73. The number of aromatic nitrogens is 3. The number of carbonyl (C=O) groups is 1. The van der Waals surface area contributed by atoms with Gasteiger partial charge in [-0.1, -0.05) is 5.21 Å². The molecule has 0 aliphatic heterocycles. The zero-order valence-corrected chi connectivity index (χ0v) is 8.91. The summed E-state index contributed by atoms with van der Waals surface area (Å²) in [7, 11) is 0. The summed E-state index contributed by atoms with van der Waals surface area (Å²) < 4.78 is 1.62. The number of aryl methyl sites for hydroxylation is 1. The molecule has 0 aliphatic rings. The van der Waals surface area contributed by atoms with Gasteiger partial charge in [-0.3, -0.25) is 9.48 Å². The maximum absolute atomic E-state index is 10.5. The van der Waals surface area contributed by atoms with Gasteiger partial charge in [0.05, 0.1) is 5.69 Å². The number of hydrogen-bond acceptors (Lipinski definition) is 5. The Morgan fingerprint density at radius 1 is 1.56 bits per heavy atom. The van der Waals surface area contributed by atoms with Crippen molar-refractivity contribution >= 4 is 5.97 Å². The van der Waals surface area contributed by atoms with Gasteiger partial charge in [0.25, 0.3) is 0 Å². The number of aliphatic hydroxyl groups is 1. The van der Waals surface area contributed by atoms with Crippen LogP contribution in [0.5, 0.6) is 0 Å². The summed E-state index contributed by atoms with van der Waals surface area (Å²) in [6.45, 7) is 0.821. The molecule has 4 N–H and O–H groups in total. The van der Waals surface area contributed by atoms with E-state index in [-0.39, 0.29) is 13.0 Å². The van der Waals surface area contributed by atoms with Crippen molar-refractivity contribution in [2.24, 2.45) is 5.73 Å². The molecule has 90 valence electrons. The van der Waals surface area contributed by atoms with Crippen molar-refractivity contribution in [3.8, 4) is 0 Å². The highest BCUT2D eigenvalue weighted by Crippen LogP contribution is 1.99. The third-order valence-electron chi connectivity index (χ3n) is 2.13. The average Bonchev–Trinajstić information content (AvgIpc) is 2.66. The van der Waals surface area contributed by atoms with Gasteiger partial charge in [0, 0.05) is 25.8 Å². The average molecular weight is 228 g/mol. The van der Waals surface area contributed by atoms with Crippen molar-refractivity contribution in [1.82, 2.24) is 15.0 Å². The number of nitrogens with two attached hydrogens (primary N) is 1. The van der Waals surface area contributed by atoms with Crippen molar-refractivity contribution in [2.75, 3.05) is 6.61 Å². The summed E-state index contributed by atoms with van der Waals surface area (Å²) in [4.78, 5) is 10.5. The summed E-state index contributed by atoms with van der Waals surface area (Å²) in [6, 6.07) is -0.942. The van der Waals surface area contributed by atoms with Gasteiger partial charge in [0.2, 0.25) is 0 Å². The molecular formula is C9H16N4O3. The summed E-state index contributed by atoms with van der Waals surface area (Å²) in [5.41, 5.74) is 5.94. The largest absolute Gasteiger partial charge is 0.480 e. The molecule has 0 radical (unpaired) electrons. The lowest BCUT2D eigenvalue weighted by Crippen LogP contribution is -2.32. The second-order valence-corrected chi connectivity index (χ2v) is 3.55. The normalized spacial score (nSPS) is 12.6. The van der Waals surface area contributed by atoms with E-state index in [4.69, 9.17) is 15.9 Å². The molecule has 16 heavy (non-hydrogen) atoms. The minimum absolute atomic E-state index is 0.158. The van der Waals surface area contributed by atoms with Crippen LogP contribution in [0.25, 0.3) is 0 Å². The van der Waals surface area contributed by atoms with Crippen molar-refractivity contribution in [3.05, 3.63) is 11.9 Å². The summed E-state index contributed by atoms with van der Waals surface area (Å²) in [6.07, 6.45) is 3.38. The van der Waals surface area contributed by atoms with Crippen LogP contribution in [0.4, 0.5) is 0 Å². The molecular weight excluding hydrogens is 212 g/mol. The number of carboxylic acid groups (broad SMARTS) is 1. The minimum atomic E-state index is -1.05. The zero-order valence-electron chi connectivity index (χ0n) is 8.91. The van der Waals surface area contributed by atoms with Gasteiger partial charge in [0.1, 0.15) is 6.04 Å². The molecule has 0 aliphatic carbocycles. The quantitative estimate of drug-likeness (QED) is 0.516. The smallest absolute Gasteiger partial charge is 0.320 e. The number of rotatable bonds is 7. The summed E-state index contributed by atoms with van der Waals surface area (Å²) in [5, 5.41) is 24.9. The fourth-order valence-electron chi connectivity index (χ4n) is 1.24. The molecule has 7 nitrogen and oxygen atoms in total. The molecule has 0 amide bonds. The van der Waals surface area contributed by atoms with Crippen LogP contribution in [0.3, 0.4) is 0 Å². The lowest BCUT2D eigenvalue weighted by molar-refractivity contribution is -0.138. The second kappa shape index (κ2) is 6.19. The first-order chi connectivity index (χ1) is 7.63. The van der Waals surface area contributed by atoms with Gasteiger partial charge in [-0.15, -0.1) is 5.10 Å². The first-order valence-electron chi connectivity index (χ1n) is 5.11. The van der Waals surface area contributed by atoms with E-state index < -0.39 is 12.0 Å². The molecule has 0 aromatic carbocycles. The number of unbranched alkanes of at least 4 members (excludes halogenated alkanes) is 1. The Kier molecular flexibility index (Phi) is 4.87. The molecule has 1 aromatic heterocycles. The Balaban J connectivity index is 2.42. The van der Waals surface area contributed by atoms with Crippen LogP contribution >= 0.6 is 0 Å². The third-order valence-corrected chi connectivity index (χ3v) is 2.13. The maximum Gasteiger partial charge on any atom is 0.320 e. The number of nitrogens with zero attached hydrogens (tertiary/aromatic N) is 3. The Hall–Kier alpha value is -1.47. The molecule has 7 heteroatoms. The molecule has 1 atom stereocenters. The number of aliphatic hydroxyl groups excluding tert-OH is 1. The van der Waals surface area contributed by atoms with E-state index >= 15 is 0 Å². The first-order valence-corrected chi connectivity index (χ1v) is 5.11. The fourth-order valence-corrected chi connectivity index (χ4v) is 1.24. The lowest BCUT2D eigenvalue weighted by atomic mass is 10.2. The number of carboxylic acids is 1. The van der Waals surface area contributed by atoms with E-state index in [1.165, 1.54) is 0 Å². The van der Waals surface area contributed by atoms with Crippen LogP contribution in [-0.4, -0.2) is 43.8 Å². The van der Waals surface area contributed by atoms with Gasteiger partial charge in [-0.2, -0.15) is 0 Å². The van der Waals surface area contributed by atoms with Crippen LogP contribution in [0.2, 0.25) is 0 Å². The van der Waals surface area contributed by atoms with E-state index in [1.54, 1.807) is 10.9 Å². The van der Waals surface area contributed by atoms with Crippen LogP contribution in [0.15, 0.2) is 6.20 Å². The molecule has 0 saturated heterocycles. The Labute approximate surface area is 92.9 Å². The van der Waals surface area contributed by atoms with Crippen LogP contribution in [-0.2, 0) is 17.8 Å². The standard InChI is InChI=1S/C9H16N4O3/c10-8(9(15)16)5-7-6-13(12-11-7)3-1-2-4-14/h6,8,14H,1-5,10H2,(H,15,16). The van der Waals surface area contributed by atoms with Crippen molar-refractivity contribution < 1.29 is 15.0 Å². The predicted molar refractivity (Wildman–Crippen MR) is 55.7 cm³/mol. The second-order valence-electron chi connectivity index (χ2n) is 3.55. The van der Waals surface area contributed by atoms with Gasteiger partial charge >= 0.3 is 5.97 Å². The summed E-state index contributed by atoms with van der Waals surface area (Å²) in [5.74, 6) is -1.05. The van der Waals surface area contributed by atoms with Crippen LogP contribution in [0, 0.1) is 0 Å². The van der Waals surface area contributed by atoms with Crippen LogP contribution in [0.1, 0.15) is 18.5 Å². The zero-order chi connectivity index (χ0) is 12.0. The predicted octanol–water partition coefficient (Wildman–Crippen LogP) is -0.995. The molecule has 0 spiro atoms. The monoisotopic (exact) mass is 228 g/mol. The van der Waals surface area contributed by atoms with Crippen molar-refractivity contribution in [2.45, 2.75) is 31.8 Å². The van der Waals surface area contributed by atoms with Crippen LogP contribution < -0.4 is 5.73 Å². The van der Waals surface area contributed by atoms with Gasteiger partial charge < -0.3 is 15.9 Å². The van der Waals surface area contributed by atoms with E-state index in [1.807, 2.05) is 0 Å². The maximum atomic E-state index is 10.5. The Morgan fingerprint density at radius 2 is 2.31 bits per heavy atom. The molecule has 0 saturated carbocycles. The fraction of sp³-hybridized carbons (Fsp3) is 0.667. The Morgan fingerprint density at radius 3 is 2.94 bits per heavy atom. The number of aliphatic carboxylic acids is 1. The van der Waals surface area contributed by atoms with Gasteiger partial charge in [-0.05, 0) is 12.8 Å². The van der Waals surface area contributed by atoms with Gasteiger partial charge in [-0.25, -0.2) is 0 Å². The highest BCUT2D eigenvalue weighted by Gasteiger charge is 2.14. The van der Waals surface area contributed by atoms with E-state index in [9.17, 15) is 4.79 Å². The topological polar surface area (TPSA) is 114 Å². The highest BCUT2D eigenvalue weighted by atomic mass is 16.4. The molecule has 1 rings (SSSR count). The van der Waals surface area contributed by atoms with E-state index in [2.05, 4.69) is 10.3 Å². The molecule has 1 unspecified atom stereocenters. The van der Waals surface area contributed by atoms with E-state index in [0.717, 1.165) is 6.42 Å². The SMILES string of the molecule is NC(Cc1cn(CCCCO)nn1)C(=O)O. The minimum Gasteiger partial charge on any atom is -0.480 e. The molecule has 0 bridgehead atoms. The summed E-state index contributed by atoms with van der Waals surface area (Å²) >= 11 is 0. The molecule has 0 fully saturated rings. The van der Waals surface area contributed by atoms with Crippen molar-refractivity contribution in [1.29, 1.82) is 0 Å². The lowest BCUT2D eigenvalue weighted by Gasteiger charge is -2.01. The Bertz CT molecular complexity index is 339. The van der Waals surface area contributed by atoms with Gasteiger partial charge in [0.15, 0.2) is 0 Å². The van der Waals surface area contributed by atoms with E-state index in [0.29, 0.717) is 18.7 Å².